The van der Waals surface area contributed by atoms with Crippen LogP contribution in [0.3, 0.4) is 0 Å². The number of alkyl halides is 6. The van der Waals surface area contributed by atoms with Crippen LogP contribution in [-0.2, 0) is 22.2 Å². The topological polar surface area (TPSA) is 34.1 Å². The molecule has 27 heavy (non-hydrogen) atoms. The summed E-state index contributed by atoms with van der Waals surface area (Å²) >= 11 is 1.40. The van der Waals surface area contributed by atoms with Crippen molar-refractivity contribution in [1.29, 1.82) is 0 Å². The minimum atomic E-state index is -5.01. The molecule has 0 atom stereocenters. The average molecular weight is 520 g/mol. The first-order chi connectivity index (χ1) is 12.2. The van der Waals surface area contributed by atoms with Crippen LogP contribution in [0.4, 0.5) is 26.3 Å². The molecule has 0 unspecified atom stereocenters. The Morgan fingerprint density at radius 3 is 1.74 bits per heavy atom. The highest BCUT2D eigenvalue weighted by Crippen LogP contribution is 2.39. The fourth-order valence-electron chi connectivity index (χ4n) is 2.09. The number of rotatable bonds is 3. The van der Waals surface area contributed by atoms with Gasteiger partial charge in [-0.2, -0.15) is 26.3 Å². The lowest BCUT2D eigenvalue weighted by atomic mass is 10.0. The summed E-state index contributed by atoms with van der Waals surface area (Å²) in [5.41, 5.74) is -2.72. The Balaban J connectivity index is 2.58. The molecule has 2 rings (SSSR count). The van der Waals surface area contributed by atoms with Crippen LogP contribution in [0.2, 0.25) is 0 Å². The van der Waals surface area contributed by atoms with Crippen molar-refractivity contribution < 1.29 is 34.8 Å². The minimum absolute atomic E-state index is 0.0120. The highest BCUT2D eigenvalue weighted by Gasteiger charge is 2.37. The largest absolute Gasteiger partial charge is 0.416 e. The molecule has 2 nitrogen and oxygen atoms in total. The standard InChI is InChI=1S/C17H11F6IO2S/c1-10-2-4-14(5-3-10)27(25,26)9-15(24)11-6-12(16(18,19)20)8-13(7-11)17(21,22)23/h2-9H,1H3/b15-9+. The lowest BCUT2D eigenvalue weighted by Gasteiger charge is -2.14. The van der Waals surface area contributed by atoms with Gasteiger partial charge in [0.25, 0.3) is 0 Å². The normalized spacial score (nSPS) is 13.7. The summed E-state index contributed by atoms with van der Waals surface area (Å²) in [4.78, 5) is -0.120. The predicted octanol–water partition coefficient (Wildman–Crippen LogP) is 6.24. The molecule has 0 spiro atoms. The van der Waals surface area contributed by atoms with Gasteiger partial charge in [0, 0.05) is 8.99 Å². The number of halogens is 7. The molecule has 0 N–H and O–H groups in total. The van der Waals surface area contributed by atoms with Gasteiger partial charge in [-0.25, -0.2) is 8.42 Å². The van der Waals surface area contributed by atoms with E-state index in [-0.39, 0.29) is 14.5 Å². The fourth-order valence-corrected chi connectivity index (χ4v) is 4.47. The van der Waals surface area contributed by atoms with Gasteiger partial charge in [-0.1, -0.05) is 17.7 Å². The smallest absolute Gasteiger partial charge is 0.219 e. The molecule has 2 aromatic rings. The van der Waals surface area contributed by atoms with E-state index in [0.717, 1.165) is 5.56 Å². The van der Waals surface area contributed by atoms with Crippen molar-refractivity contribution in [2.75, 3.05) is 0 Å². The average Bonchev–Trinajstić information content (AvgIpc) is 2.52. The van der Waals surface area contributed by atoms with Gasteiger partial charge in [-0.15, -0.1) is 0 Å². The van der Waals surface area contributed by atoms with E-state index in [9.17, 15) is 34.8 Å². The summed E-state index contributed by atoms with van der Waals surface area (Å²) in [6.45, 7) is 1.73. The third-order valence-corrected chi connectivity index (χ3v) is 6.30. The van der Waals surface area contributed by atoms with E-state index in [1.807, 2.05) is 0 Å². The number of hydrogen-bond acceptors (Lipinski definition) is 2. The van der Waals surface area contributed by atoms with Gasteiger partial charge in [0.2, 0.25) is 9.84 Å². The Morgan fingerprint density at radius 2 is 1.33 bits per heavy atom. The lowest BCUT2D eigenvalue weighted by Crippen LogP contribution is -2.11. The van der Waals surface area contributed by atoms with Crippen molar-refractivity contribution in [3.8, 4) is 0 Å². The van der Waals surface area contributed by atoms with Crippen LogP contribution in [0.5, 0.6) is 0 Å². The Hall–Kier alpha value is -1.56. The van der Waals surface area contributed by atoms with E-state index in [1.165, 1.54) is 46.9 Å². The van der Waals surface area contributed by atoms with Crippen LogP contribution in [0, 0.1) is 6.92 Å². The summed E-state index contributed by atoms with van der Waals surface area (Å²) in [6, 6.07) is 6.62. The van der Waals surface area contributed by atoms with Crippen LogP contribution in [0.1, 0.15) is 22.3 Å². The first-order valence-corrected chi connectivity index (χ1v) is 9.81. The van der Waals surface area contributed by atoms with E-state index >= 15 is 0 Å². The SMILES string of the molecule is Cc1ccc(S(=O)(=O)/C=C(/I)c2cc(C(F)(F)F)cc(C(F)(F)F)c2)cc1. The first-order valence-electron chi connectivity index (χ1n) is 7.19. The van der Waals surface area contributed by atoms with Gasteiger partial charge in [-0.3, -0.25) is 0 Å². The van der Waals surface area contributed by atoms with Gasteiger partial charge >= 0.3 is 12.4 Å². The van der Waals surface area contributed by atoms with Gasteiger partial charge in [-0.05, 0) is 65.4 Å². The van der Waals surface area contributed by atoms with Crippen LogP contribution >= 0.6 is 22.6 Å². The zero-order valence-electron chi connectivity index (χ0n) is 13.5. The Labute approximate surface area is 165 Å². The second-order valence-corrected chi connectivity index (χ2v) is 8.58. The van der Waals surface area contributed by atoms with Crippen molar-refractivity contribution in [2.45, 2.75) is 24.2 Å². The number of benzene rings is 2. The number of aryl methyl sites for hydroxylation is 1. The van der Waals surface area contributed by atoms with E-state index in [0.29, 0.717) is 17.5 Å². The maximum atomic E-state index is 12.9. The highest BCUT2D eigenvalue weighted by atomic mass is 127. The molecule has 0 radical (unpaired) electrons. The third-order valence-electron chi connectivity index (χ3n) is 3.47. The van der Waals surface area contributed by atoms with E-state index < -0.39 is 38.9 Å². The monoisotopic (exact) mass is 520 g/mol. The highest BCUT2D eigenvalue weighted by molar-refractivity contribution is 14.1. The van der Waals surface area contributed by atoms with E-state index in [2.05, 4.69) is 0 Å². The molecule has 146 valence electrons. The molecule has 0 aliphatic carbocycles. The predicted molar refractivity (Wildman–Crippen MR) is 96.8 cm³/mol. The summed E-state index contributed by atoms with van der Waals surface area (Å²) in [7, 11) is -4.05. The molecule has 10 heteroatoms. The maximum Gasteiger partial charge on any atom is 0.416 e. The van der Waals surface area contributed by atoms with Crippen molar-refractivity contribution in [2.24, 2.45) is 0 Å². The van der Waals surface area contributed by atoms with Crippen molar-refractivity contribution >= 4 is 36.0 Å². The van der Waals surface area contributed by atoms with Gasteiger partial charge in [0.1, 0.15) is 0 Å². The second-order valence-electron chi connectivity index (χ2n) is 5.62. The Bertz CT molecular complexity index is 942. The van der Waals surface area contributed by atoms with E-state index in [1.54, 1.807) is 6.92 Å². The van der Waals surface area contributed by atoms with Crippen molar-refractivity contribution in [3.63, 3.8) is 0 Å². The molecule has 0 amide bonds. The quantitative estimate of drug-likeness (QED) is 0.355. The Kier molecular flexibility index (Phi) is 6.00. The molecule has 0 fully saturated rings. The number of hydrogen-bond donors (Lipinski definition) is 0. The third kappa shape index (κ3) is 5.47. The van der Waals surface area contributed by atoms with Gasteiger partial charge < -0.3 is 0 Å². The lowest BCUT2D eigenvalue weighted by molar-refractivity contribution is -0.143. The molecule has 0 saturated carbocycles. The Morgan fingerprint density at radius 1 is 0.889 bits per heavy atom. The molecule has 2 aromatic carbocycles. The summed E-state index contributed by atoms with van der Waals surface area (Å²) < 4.78 is 102. The molecule has 0 aliphatic heterocycles. The number of sulfone groups is 1. The zero-order valence-corrected chi connectivity index (χ0v) is 16.5. The molecule has 0 heterocycles. The second kappa shape index (κ2) is 7.46. The van der Waals surface area contributed by atoms with Crippen LogP contribution in [0.15, 0.2) is 52.8 Å². The molecule has 0 saturated heterocycles. The molecule has 0 bridgehead atoms. The summed E-state index contributed by atoms with van der Waals surface area (Å²) in [6.07, 6.45) is -10.0. The zero-order chi connectivity index (χ0) is 20.6. The summed E-state index contributed by atoms with van der Waals surface area (Å²) in [5.74, 6) is 0. The fraction of sp³-hybridized carbons (Fsp3) is 0.176. The van der Waals surface area contributed by atoms with Crippen LogP contribution < -0.4 is 0 Å². The van der Waals surface area contributed by atoms with Crippen molar-refractivity contribution in [3.05, 3.63) is 70.1 Å². The van der Waals surface area contributed by atoms with Crippen molar-refractivity contribution in [1.82, 2.24) is 0 Å². The van der Waals surface area contributed by atoms with Crippen LogP contribution in [0.25, 0.3) is 3.58 Å². The van der Waals surface area contributed by atoms with Gasteiger partial charge in [0.15, 0.2) is 0 Å². The summed E-state index contributed by atoms with van der Waals surface area (Å²) in [5, 5.41) is 0.647. The van der Waals surface area contributed by atoms with Crippen LogP contribution in [-0.4, -0.2) is 8.42 Å². The maximum absolute atomic E-state index is 12.9. The first kappa shape index (κ1) is 21.7. The van der Waals surface area contributed by atoms with E-state index in [4.69, 9.17) is 0 Å². The minimum Gasteiger partial charge on any atom is -0.219 e. The molecule has 0 aliphatic rings. The molecular formula is C17H11F6IO2S. The van der Waals surface area contributed by atoms with Gasteiger partial charge in [0.05, 0.1) is 16.0 Å². The molecular weight excluding hydrogens is 509 g/mol. The molecule has 0 aromatic heterocycles.